The Bertz CT molecular complexity index is 394. The maximum absolute atomic E-state index is 11.6. The molecule has 3 atom stereocenters. The second kappa shape index (κ2) is 4.91. The van der Waals surface area contributed by atoms with Gasteiger partial charge in [-0.05, 0) is 49.3 Å². The van der Waals surface area contributed by atoms with Crippen LogP contribution in [-0.2, 0) is 4.79 Å². The number of phenolic OH excluding ortho intramolecular Hbond substituents is 1. The number of phenols is 1. The Hall–Kier alpha value is -1.31. The van der Waals surface area contributed by atoms with Crippen LogP contribution in [0, 0.1) is 11.8 Å². The lowest BCUT2D eigenvalue weighted by Crippen LogP contribution is -2.13. The molecule has 0 amide bonds. The van der Waals surface area contributed by atoms with E-state index in [-0.39, 0.29) is 5.92 Å². The minimum Gasteiger partial charge on any atom is -0.508 e. The van der Waals surface area contributed by atoms with Gasteiger partial charge in [-0.2, -0.15) is 0 Å². The van der Waals surface area contributed by atoms with Gasteiger partial charge < -0.3 is 5.11 Å². The van der Waals surface area contributed by atoms with Crippen LogP contribution in [0.5, 0.6) is 5.75 Å². The van der Waals surface area contributed by atoms with Crippen LogP contribution in [0.4, 0.5) is 0 Å². The number of hydrogen-bond donors (Lipinski definition) is 1. The summed E-state index contributed by atoms with van der Waals surface area (Å²) in [7, 11) is 0. The minimum absolute atomic E-state index is 0.235. The van der Waals surface area contributed by atoms with Crippen LogP contribution in [0.3, 0.4) is 0 Å². The Morgan fingerprint density at radius 3 is 2.59 bits per heavy atom. The molecule has 1 fully saturated rings. The van der Waals surface area contributed by atoms with E-state index in [1.807, 2.05) is 12.1 Å². The molecule has 1 N–H and O–H groups in total. The summed E-state index contributed by atoms with van der Waals surface area (Å²) >= 11 is 0. The molecule has 0 bridgehead atoms. The first kappa shape index (κ1) is 12.2. The molecule has 2 nitrogen and oxygen atoms in total. The predicted molar refractivity (Wildman–Crippen MR) is 68.0 cm³/mol. The molecule has 0 radical (unpaired) electrons. The lowest BCUT2D eigenvalue weighted by atomic mass is 9.91. The number of aromatic hydroxyl groups is 1. The van der Waals surface area contributed by atoms with Crippen molar-refractivity contribution in [2.24, 2.45) is 11.8 Å². The second-order valence-electron chi connectivity index (χ2n) is 5.10. The topological polar surface area (TPSA) is 37.3 Å². The van der Waals surface area contributed by atoms with Crippen LogP contribution in [0.25, 0.3) is 0 Å². The van der Waals surface area contributed by atoms with Gasteiger partial charge in [0.2, 0.25) is 0 Å². The summed E-state index contributed by atoms with van der Waals surface area (Å²) in [5.74, 6) is 1.92. The van der Waals surface area contributed by atoms with Crippen molar-refractivity contribution >= 4 is 5.78 Å². The van der Waals surface area contributed by atoms with Crippen molar-refractivity contribution in [1.29, 1.82) is 0 Å². The molecule has 0 aliphatic heterocycles. The molecule has 2 rings (SSSR count). The summed E-state index contributed by atoms with van der Waals surface area (Å²) < 4.78 is 0. The number of ketones is 1. The van der Waals surface area contributed by atoms with Crippen LogP contribution in [0.2, 0.25) is 0 Å². The standard InChI is InChI=1S/C15H20O2/c1-3-4-13(10(2)16)15-9-14(15)11-5-7-12(17)8-6-11/h5-8,13-15,17H,3-4,9H2,1-2H3. The zero-order chi connectivity index (χ0) is 12.4. The maximum atomic E-state index is 11.6. The van der Waals surface area contributed by atoms with E-state index in [4.69, 9.17) is 0 Å². The molecule has 92 valence electrons. The average molecular weight is 232 g/mol. The van der Waals surface area contributed by atoms with E-state index in [0.717, 1.165) is 19.3 Å². The van der Waals surface area contributed by atoms with Crippen molar-refractivity contribution in [3.05, 3.63) is 29.8 Å². The SMILES string of the molecule is CCCC(C(C)=O)C1CC1c1ccc(O)cc1. The Balaban J connectivity index is 2.03. The molecule has 17 heavy (non-hydrogen) atoms. The average Bonchev–Trinajstić information content (AvgIpc) is 3.06. The highest BCUT2D eigenvalue weighted by atomic mass is 16.3. The first-order valence-corrected chi connectivity index (χ1v) is 6.42. The molecule has 0 heterocycles. The summed E-state index contributed by atoms with van der Waals surface area (Å²) in [6.07, 6.45) is 3.20. The molecule has 1 aromatic rings. The van der Waals surface area contributed by atoms with Gasteiger partial charge in [-0.15, -0.1) is 0 Å². The predicted octanol–water partition coefficient (Wildman–Crippen LogP) is 3.50. The normalized spacial score (nSPS) is 24.4. The van der Waals surface area contributed by atoms with Crippen molar-refractivity contribution in [2.45, 2.75) is 39.0 Å². The number of Topliss-reactive ketones (excluding diaryl/α,β-unsaturated/α-hetero) is 1. The van der Waals surface area contributed by atoms with Crippen molar-refractivity contribution in [2.75, 3.05) is 0 Å². The van der Waals surface area contributed by atoms with Gasteiger partial charge in [-0.25, -0.2) is 0 Å². The fourth-order valence-electron chi connectivity index (χ4n) is 2.79. The Morgan fingerprint density at radius 2 is 2.06 bits per heavy atom. The molecule has 1 saturated carbocycles. The summed E-state index contributed by atoms with van der Waals surface area (Å²) in [6.45, 7) is 3.85. The maximum Gasteiger partial charge on any atom is 0.133 e. The summed E-state index contributed by atoms with van der Waals surface area (Å²) in [6, 6.07) is 7.41. The second-order valence-corrected chi connectivity index (χ2v) is 5.10. The van der Waals surface area contributed by atoms with Crippen LogP contribution in [0.1, 0.15) is 44.6 Å². The van der Waals surface area contributed by atoms with Gasteiger partial charge in [0.1, 0.15) is 11.5 Å². The monoisotopic (exact) mass is 232 g/mol. The van der Waals surface area contributed by atoms with E-state index in [0.29, 0.717) is 23.4 Å². The number of carbonyl (C=O) groups is 1. The fourth-order valence-corrected chi connectivity index (χ4v) is 2.79. The highest BCUT2D eigenvalue weighted by Gasteiger charge is 2.44. The van der Waals surface area contributed by atoms with Gasteiger partial charge in [0.05, 0.1) is 0 Å². The molecule has 3 unspecified atom stereocenters. The van der Waals surface area contributed by atoms with Gasteiger partial charge in [0.25, 0.3) is 0 Å². The Morgan fingerprint density at radius 1 is 1.41 bits per heavy atom. The molecule has 0 aromatic heterocycles. The van der Waals surface area contributed by atoms with Gasteiger partial charge >= 0.3 is 0 Å². The van der Waals surface area contributed by atoms with E-state index in [2.05, 4.69) is 6.92 Å². The Labute approximate surface area is 103 Å². The number of benzene rings is 1. The molecule has 2 heteroatoms. The largest absolute Gasteiger partial charge is 0.508 e. The van der Waals surface area contributed by atoms with Crippen molar-refractivity contribution in [3.63, 3.8) is 0 Å². The summed E-state index contributed by atoms with van der Waals surface area (Å²) in [4.78, 5) is 11.6. The summed E-state index contributed by atoms with van der Waals surface area (Å²) in [5.41, 5.74) is 1.26. The fraction of sp³-hybridized carbons (Fsp3) is 0.533. The highest BCUT2D eigenvalue weighted by molar-refractivity contribution is 5.79. The van der Waals surface area contributed by atoms with Gasteiger partial charge in [0, 0.05) is 5.92 Å². The first-order valence-electron chi connectivity index (χ1n) is 6.42. The molecule has 0 spiro atoms. The third-order valence-electron chi connectivity index (χ3n) is 3.80. The lowest BCUT2D eigenvalue weighted by molar-refractivity contribution is -0.121. The lowest BCUT2D eigenvalue weighted by Gasteiger charge is -2.12. The zero-order valence-corrected chi connectivity index (χ0v) is 10.5. The number of rotatable bonds is 5. The van der Waals surface area contributed by atoms with Crippen molar-refractivity contribution in [1.82, 2.24) is 0 Å². The smallest absolute Gasteiger partial charge is 0.133 e. The summed E-state index contributed by atoms with van der Waals surface area (Å²) in [5, 5.41) is 9.25. The van der Waals surface area contributed by atoms with Crippen LogP contribution in [0.15, 0.2) is 24.3 Å². The van der Waals surface area contributed by atoms with Crippen LogP contribution < -0.4 is 0 Å². The molecular formula is C15H20O2. The molecule has 1 aliphatic rings. The van der Waals surface area contributed by atoms with Gasteiger partial charge in [-0.3, -0.25) is 4.79 Å². The van der Waals surface area contributed by atoms with Crippen LogP contribution >= 0.6 is 0 Å². The van der Waals surface area contributed by atoms with E-state index in [9.17, 15) is 9.90 Å². The third kappa shape index (κ3) is 2.68. The zero-order valence-electron chi connectivity index (χ0n) is 10.5. The van der Waals surface area contributed by atoms with Crippen molar-refractivity contribution < 1.29 is 9.90 Å². The van der Waals surface area contributed by atoms with Crippen molar-refractivity contribution in [3.8, 4) is 5.75 Å². The molecule has 1 aromatic carbocycles. The first-order chi connectivity index (χ1) is 8.13. The van der Waals surface area contributed by atoms with E-state index in [1.165, 1.54) is 5.56 Å². The van der Waals surface area contributed by atoms with Gasteiger partial charge in [0.15, 0.2) is 0 Å². The molecule has 1 aliphatic carbocycles. The Kier molecular flexibility index (Phi) is 3.51. The highest BCUT2D eigenvalue weighted by Crippen LogP contribution is 2.53. The number of hydrogen-bond acceptors (Lipinski definition) is 2. The van der Waals surface area contributed by atoms with Gasteiger partial charge in [-0.1, -0.05) is 25.5 Å². The van der Waals surface area contributed by atoms with E-state index in [1.54, 1.807) is 19.1 Å². The van der Waals surface area contributed by atoms with Crippen LogP contribution in [-0.4, -0.2) is 10.9 Å². The minimum atomic E-state index is 0.235. The van der Waals surface area contributed by atoms with E-state index >= 15 is 0 Å². The quantitative estimate of drug-likeness (QED) is 0.843. The third-order valence-corrected chi connectivity index (χ3v) is 3.80. The molecule has 0 saturated heterocycles. The molecular weight excluding hydrogens is 212 g/mol. The number of carbonyl (C=O) groups excluding carboxylic acids is 1. The van der Waals surface area contributed by atoms with E-state index < -0.39 is 0 Å².